The van der Waals surface area contributed by atoms with Crippen LogP contribution in [0.3, 0.4) is 0 Å². The Hall–Kier alpha value is -1.40. The van der Waals surface area contributed by atoms with Gasteiger partial charge < -0.3 is 5.32 Å². The van der Waals surface area contributed by atoms with E-state index in [4.69, 9.17) is 0 Å². The van der Waals surface area contributed by atoms with Gasteiger partial charge in [0.1, 0.15) is 6.33 Å². The zero-order valence-electron chi connectivity index (χ0n) is 7.58. The van der Waals surface area contributed by atoms with Crippen LogP contribution < -0.4 is 5.32 Å². The van der Waals surface area contributed by atoms with Crippen LogP contribution >= 0.6 is 11.5 Å². The van der Waals surface area contributed by atoms with Crippen LogP contribution in [0.1, 0.15) is 17.3 Å². The van der Waals surface area contributed by atoms with E-state index in [0.717, 1.165) is 11.3 Å². The molecule has 0 bridgehead atoms. The summed E-state index contributed by atoms with van der Waals surface area (Å²) in [6.07, 6.45) is 5.05. The molecule has 0 aliphatic heterocycles. The first-order valence-electron chi connectivity index (χ1n) is 4.11. The van der Waals surface area contributed by atoms with Gasteiger partial charge in [-0.25, -0.2) is 9.97 Å². The zero-order valence-corrected chi connectivity index (χ0v) is 8.40. The summed E-state index contributed by atoms with van der Waals surface area (Å²) in [6, 6.07) is 0.0231. The summed E-state index contributed by atoms with van der Waals surface area (Å²) >= 11 is 1.34. The van der Waals surface area contributed by atoms with Crippen molar-refractivity contribution in [2.75, 3.05) is 7.05 Å². The molecule has 1 atom stereocenters. The van der Waals surface area contributed by atoms with Gasteiger partial charge in [-0.2, -0.15) is 0 Å². The van der Waals surface area contributed by atoms with Crippen molar-refractivity contribution in [3.05, 3.63) is 35.4 Å². The number of rotatable bonds is 3. The predicted molar refractivity (Wildman–Crippen MR) is 52.8 cm³/mol. The minimum absolute atomic E-state index is 0.0231. The summed E-state index contributed by atoms with van der Waals surface area (Å²) in [6.45, 7) is 0. The number of hydrogen-bond acceptors (Lipinski definition) is 6. The number of nitrogens with one attached hydrogen (secondary N) is 1. The molecule has 0 fully saturated rings. The third kappa shape index (κ3) is 1.75. The van der Waals surface area contributed by atoms with Crippen LogP contribution in [-0.2, 0) is 0 Å². The topological polar surface area (TPSA) is 63.6 Å². The highest BCUT2D eigenvalue weighted by Crippen LogP contribution is 2.18. The highest BCUT2D eigenvalue weighted by molar-refractivity contribution is 7.03. The van der Waals surface area contributed by atoms with Crippen LogP contribution in [0.5, 0.6) is 0 Å². The average Bonchev–Trinajstić information content (AvgIpc) is 2.74. The molecule has 72 valence electrons. The summed E-state index contributed by atoms with van der Waals surface area (Å²) in [7, 11) is 1.87. The van der Waals surface area contributed by atoms with Gasteiger partial charge >= 0.3 is 0 Å². The number of hydrogen-bond donors (Lipinski definition) is 1. The highest BCUT2D eigenvalue weighted by atomic mass is 32.1. The molecule has 0 amide bonds. The lowest BCUT2D eigenvalue weighted by molar-refractivity contribution is 0.661. The molecule has 0 saturated carbocycles. The molecule has 6 heteroatoms. The Morgan fingerprint density at radius 1 is 1.36 bits per heavy atom. The summed E-state index contributed by atoms with van der Waals surface area (Å²) in [5.74, 6) is 0. The third-order valence-corrected chi connectivity index (χ3v) is 2.40. The van der Waals surface area contributed by atoms with Crippen molar-refractivity contribution in [3.8, 4) is 0 Å². The normalized spacial score (nSPS) is 12.6. The maximum Gasteiger partial charge on any atom is 0.115 e. The maximum absolute atomic E-state index is 4.01. The van der Waals surface area contributed by atoms with Crippen molar-refractivity contribution < 1.29 is 0 Å². The lowest BCUT2D eigenvalue weighted by atomic mass is 10.1. The van der Waals surface area contributed by atoms with Crippen LogP contribution in [0, 0.1) is 0 Å². The van der Waals surface area contributed by atoms with E-state index in [9.17, 15) is 0 Å². The van der Waals surface area contributed by atoms with Gasteiger partial charge in [-0.05, 0) is 18.6 Å². The molecule has 2 rings (SSSR count). The fourth-order valence-corrected chi connectivity index (χ4v) is 1.72. The Balaban J connectivity index is 2.31. The Bertz CT molecular complexity index is 374. The first kappa shape index (κ1) is 9.17. The maximum atomic E-state index is 4.01. The zero-order chi connectivity index (χ0) is 9.80. The monoisotopic (exact) mass is 207 g/mol. The Morgan fingerprint density at radius 2 is 2.14 bits per heavy atom. The van der Waals surface area contributed by atoms with Gasteiger partial charge in [0.25, 0.3) is 0 Å². The Morgan fingerprint density at radius 3 is 2.71 bits per heavy atom. The second-order valence-electron chi connectivity index (χ2n) is 2.72. The molecule has 1 N–H and O–H groups in total. The largest absolute Gasteiger partial charge is 0.308 e. The fourth-order valence-electron chi connectivity index (χ4n) is 1.24. The van der Waals surface area contributed by atoms with Crippen molar-refractivity contribution in [1.82, 2.24) is 24.9 Å². The smallest absolute Gasteiger partial charge is 0.115 e. The molecule has 2 heterocycles. The molecule has 0 aliphatic carbocycles. The van der Waals surface area contributed by atoms with Crippen LogP contribution in [-0.4, -0.2) is 26.6 Å². The van der Waals surface area contributed by atoms with Crippen molar-refractivity contribution >= 4 is 11.5 Å². The van der Waals surface area contributed by atoms with E-state index in [2.05, 4.69) is 24.9 Å². The molecule has 0 aliphatic rings. The van der Waals surface area contributed by atoms with Crippen molar-refractivity contribution in [2.24, 2.45) is 0 Å². The van der Waals surface area contributed by atoms with Gasteiger partial charge in [0.05, 0.1) is 11.7 Å². The molecular weight excluding hydrogens is 198 g/mol. The molecule has 0 radical (unpaired) electrons. The second kappa shape index (κ2) is 4.21. The van der Waals surface area contributed by atoms with Crippen molar-refractivity contribution in [3.63, 3.8) is 0 Å². The van der Waals surface area contributed by atoms with Gasteiger partial charge in [0, 0.05) is 23.3 Å². The van der Waals surface area contributed by atoms with Crippen LogP contribution in [0.2, 0.25) is 0 Å². The SMILES string of the molecule is CNC(c1cncnc1)c1csnn1. The van der Waals surface area contributed by atoms with Gasteiger partial charge in [-0.15, -0.1) is 5.10 Å². The standard InChI is InChI=1S/C8H9N5S/c1-9-8(7-4-14-13-12-7)6-2-10-5-11-3-6/h2-5,8-9H,1H3. The highest BCUT2D eigenvalue weighted by Gasteiger charge is 2.14. The van der Waals surface area contributed by atoms with Gasteiger partial charge in [0.15, 0.2) is 0 Å². The molecule has 0 saturated heterocycles. The van der Waals surface area contributed by atoms with Crippen molar-refractivity contribution in [2.45, 2.75) is 6.04 Å². The molecule has 14 heavy (non-hydrogen) atoms. The number of aromatic nitrogens is 4. The van der Waals surface area contributed by atoms with Crippen LogP contribution in [0.15, 0.2) is 24.1 Å². The molecule has 5 nitrogen and oxygen atoms in total. The van der Waals surface area contributed by atoms with E-state index in [-0.39, 0.29) is 6.04 Å². The molecular formula is C8H9N5S. The molecule has 2 aromatic rings. The molecule has 0 spiro atoms. The minimum atomic E-state index is 0.0231. The molecule has 2 aromatic heterocycles. The first-order chi connectivity index (χ1) is 6.92. The molecule has 1 unspecified atom stereocenters. The molecule has 0 aromatic carbocycles. The van der Waals surface area contributed by atoms with E-state index in [1.807, 2.05) is 12.4 Å². The quantitative estimate of drug-likeness (QED) is 0.800. The lowest BCUT2D eigenvalue weighted by Gasteiger charge is -2.11. The summed E-state index contributed by atoms with van der Waals surface area (Å²) in [5.41, 5.74) is 1.88. The third-order valence-electron chi connectivity index (χ3n) is 1.88. The van der Waals surface area contributed by atoms with E-state index < -0.39 is 0 Å². The summed E-state index contributed by atoms with van der Waals surface area (Å²) < 4.78 is 3.83. The lowest BCUT2D eigenvalue weighted by Crippen LogP contribution is -2.18. The van der Waals surface area contributed by atoms with E-state index >= 15 is 0 Å². The fraction of sp³-hybridized carbons (Fsp3) is 0.250. The Labute approximate surface area is 85.4 Å². The van der Waals surface area contributed by atoms with Crippen LogP contribution in [0.25, 0.3) is 0 Å². The van der Waals surface area contributed by atoms with Gasteiger partial charge in [-0.3, -0.25) is 0 Å². The van der Waals surface area contributed by atoms with E-state index in [1.54, 1.807) is 12.4 Å². The summed E-state index contributed by atoms with van der Waals surface area (Å²) in [5, 5.41) is 9.07. The first-order valence-corrected chi connectivity index (χ1v) is 4.94. The summed E-state index contributed by atoms with van der Waals surface area (Å²) in [4.78, 5) is 7.94. The van der Waals surface area contributed by atoms with Gasteiger partial charge in [0.2, 0.25) is 0 Å². The van der Waals surface area contributed by atoms with E-state index in [1.165, 1.54) is 17.9 Å². The van der Waals surface area contributed by atoms with Gasteiger partial charge in [-0.1, -0.05) is 4.49 Å². The number of nitrogens with zero attached hydrogens (tertiary/aromatic N) is 4. The Kier molecular flexibility index (Phi) is 2.76. The average molecular weight is 207 g/mol. The van der Waals surface area contributed by atoms with Crippen LogP contribution in [0.4, 0.5) is 0 Å². The predicted octanol–water partition coefficient (Wildman–Crippen LogP) is 0.637. The van der Waals surface area contributed by atoms with Crippen molar-refractivity contribution in [1.29, 1.82) is 0 Å². The second-order valence-corrected chi connectivity index (χ2v) is 3.33. The van der Waals surface area contributed by atoms with E-state index in [0.29, 0.717) is 0 Å². The minimum Gasteiger partial charge on any atom is -0.308 e.